The number of rotatable bonds is 3. The number of hydrogen-bond acceptors (Lipinski definition) is 0. The van der Waals surface area contributed by atoms with Crippen molar-refractivity contribution in [1.82, 2.24) is 0 Å². The summed E-state index contributed by atoms with van der Waals surface area (Å²) in [6.07, 6.45) is 6.56. The largest absolute Gasteiger partial charge is 0.0991 e. The lowest BCUT2D eigenvalue weighted by molar-refractivity contribution is 1.15. The van der Waals surface area contributed by atoms with Gasteiger partial charge in [-0.3, -0.25) is 0 Å². The van der Waals surface area contributed by atoms with Crippen molar-refractivity contribution in [1.29, 1.82) is 0 Å². The summed E-state index contributed by atoms with van der Waals surface area (Å²) in [6.45, 7) is 5.65. The molecule has 0 fully saturated rings. The van der Waals surface area contributed by atoms with Gasteiger partial charge in [0.1, 0.15) is 0 Å². The van der Waals surface area contributed by atoms with Crippen LogP contribution in [0.15, 0.2) is 35.9 Å². The van der Waals surface area contributed by atoms with Gasteiger partial charge >= 0.3 is 0 Å². The fraction of sp³-hybridized carbons (Fsp3) is 0.250. The van der Waals surface area contributed by atoms with Crippen LogP contribution in [0.4, 0.5) is 0 Å². The van der Waals surface area contributed by atoms with Crippen LogP contribution in [-0.2, 0) is 0 Å². The first kappa shape index (κ1) is 8.51. The highest BCUT2D eigenvalue weighted by Crippen LogP contribution is 2.02. The van der Waals surface area contributed by atoms with Crippen molar-refractivity contribution < 1.29 is 0 Å². The molecule has 0 atom stereocenters. The Balaban J connectivity index is 3.96. The Bertz CT molecular complexity index is 132. The minimum absolute atomic E-state index is 0.995. The third kappa shape index (κ3) is 4.04. The fourth-order valence-electron chi connectivity index (χ4n) is 0.524. The molecular weight excluding hydrogens is 132 g/mol. The lowest BCUT2D eigenvalue weighted by Gasteiger charge is -1.90. The molecule has 0 bridgehead atoms. The van der Waals surface area contributed by atoms with Gasteiger partial charge in [-0.15, -0.1) is 0 Å². The molecule has 0 rings (SSSR count). The predicted molar refractivity (Wildman–Crippen MR) is 43.6 cm³/mol. The van der Waals surface area contributed by atoms with Gasteiger partial charge in [0.25, 0.3) is 0 Å². The Morgan fingerprint density at radius 3 is 2.67 bits per heavy atom. The van der Waals surface area contributed by atoms with E-state index in [0.29, 0.717) is 0 Å². The van der Waals surface area contributed by atoms with Crippen molar-refractivity contribution in [2.75, 3.05) is 0 Å². The Labute approximate surface area is 61.5 Å². The van der Waals surface area contributed by atoms with E-state index in [2.05, 4.69) is 13.5 Å². The van der Waals surface area contributed by atoms with Crippen LogP contribution in [0.25, 0.3) is 0 Å². The van der Waals surface area contributed by atoms with E-state index in [0.717, 1.165) is 6.42 Å². The van der Waals surface area contributed by atoms with Crippen molar-refractivity contribution in [2.45, 2.75) is 13.3 Å². The molecule has 0 aromatic heterocycles. The summed E-state index contributed by atoms with van der Waals surface area (Å²) in [6, 6.07) is 0. The molecule has 0 spiro atoms. The minimum Gasteiger partial charge on any atom is -0.0991 e. The minimum atomic E-state index is 0.995. The van der Waals surface area contributed by atoms with Gasteiger partial charge in [-0.05, 0) is 18.1 Å². The molecule has 0 radical (unpaired) electrons. The van der Waals surface area contributed by atoms with Crippen LogP contribution in [0.5, 0.6) is 0 Å². The second-order valence-corrected chi connectivity index (χ2v) is 1.88. The van der Waals surface area contributed by atoms with Crippen molar-refractivity contribution in [3.8, 4) is 0 Å². The molecule has 0 aliphatic carbocycles. The zero-order chi connectivity index (χ0) is 7.11. The summed E-state index contributed by atoms with van der Waals surface area (Å²) in [5, 5.41) is 0. The van der Waals surface area contributed by atoms with Crippen molar-refractivity contribution in [3.63, 3.8) is 0 Å². The normalized spacial score (nSPS) is 12.4. The molecule has 0 N–H and O–H groups in total. The molecule has 0 aliphatic heterocycles. The summed E-state index contributed by atoms with van der Waals surface area (Å²) in [5.74, 6) is 0. The van der Waals surface area contributed by atoms with Crippen LogP contribution in [-0.4, -0.2) is 0 Å². The van der Waals surface area contributed by atoms with Gasteiger partial charge in [-0.25, -0.2) is 0 Å². The standard InChI is InChI=1S/C8H11Cl/c1-3-5-8(4-2)6-7-9/h3,5-7H,1,4H2,2H3/b7-6-,8-5-. The van der Waals surface area contributed by atoms with Crippen LogP contribution < -0.4 is 0 Å². The molecular formula is C8H11Cl. The summed E-state index contributed by atoms with van der Waals surface area (Å²) in [7, 11) is 0. The Kier molecular flexibility index (Phi) is 5.34. The van der Waals surface area contributed by atoms with Crippen LogP contribution in [0.1, 0.15) is 13.3 Å². The van der Waals surface area contributed by atoms with Crippen LogP contribution in [0.2, 0.25) is 0 Å². The second kappa shape index (κ2) is 5.64. The van der Waals surface area contributed by atoms with Gasteiger partial charge in [-0.2, -0.15) is 0 Å². The quantitative estimate of drug-likeness (QED) is 0.531. The van der Waals surface area contributed by atoms with Gasteiger partial charge in [-0.1, -0.05) is 37.3 Å². The third-order valence-corrected chi connectivity index (χ3v) is 1.14. The molecule has 0 unspecified atom stereocenters. The van der Waals surface area contributed by atoms with E-state index in [9.17, 15) is 0 Å². The Morgan fingerprint density at radius 1 is 1.67 bits per heavy atom. The molecule has 9 heavy (non-hydrogen) atoms. The summed E-state index contributed by atoms with van der Waals surface area (Å²) < 4.78 is 0. The van der Waals surface area contributed by atoms with E-state index in [4.69, 9.17) is 11.6 Å². The number of halogens is 1. The smallest absolute Gasteiger partial charge is 0.00451 e. The lowest BCUT2D eigenvalue weighted by atomic mass is 10.2. The molecule has 0 aliphatic rings. The highest BCUT2D eigenvalue weighted by molar-refractivity contribution is 6.25. The predicted octanol–water partition coefficient (Wildman–Crippen LogP) is 3.26. The highest BCUT2D eigenvalue weighted by atomic mass is 35.5. The zero-order valence-corrected chi connectivity index (χ0v) is 6.36. The number of allylic oxidation sites excluding steroid dienone is 4. The van der Waals surface area contributed by atoms with E-state index in [-0.39, 0.29) is 0 Å². The highest BCUT2D eigenvalue weighted by Gasteiger charge is 1.81. The summed E-state index contributed by atoms with van der Waals surface area (Å²) >= 11 is 5.36. The van der Waals surface area contributed by atoms with Crippen LogP contribution in [0.3, 0.4) is 0 Å². The fourth-order valence-corrected chi connectivity index (χ4v) is 0.685. The van der Waals surface area contributed by atoms with Gasteiger partial charge in [0.2, 0.25) is 0 Å². The average molecular weight is 143 g/mol. The molecule has 1 heteroatoms. The Morgan fingerprint density at radius 2 is 2.33 bits per heavy atom. The maximum atomic E-state index is 5.36. The van der Waals surface area contributed by atoms with E-state index in [1.807, 2.05) is 12.2 Å². The molecule has 0 aromatic carbocycles. The summed E-state index contributed by atoms with van der Waals surface area (Å²) in [4.78, 5) is 0. The van der Waals surface area contributed by atoms with Gasteiger partial charge < -0.3 is 0 Å². The number of hydrogen-bond donors (Lipinski definition) is 0. The molecule has 0 aromatic rings. The molecule has 0 saturated heterocycles. The zero-order valence-electron chi connectivity index (χ0n) is 5.60. The van der Waals surface area contributed by atoms with Crippen LogP contribution >= 0.6 is 11.6 Å². The first-order valence-electron chi connectivity index (χ1n) is 2.93. The van der Waals surface area contributed by atoms with Gasteiger partial charge in [0.05, 0.1) is 0 Å². The first-order chi connectivity index (χ1) is 4.35. The van der Waals surface area contributed by atoms with E-state index < -0.39 is 0 Å². The maximum Gasteiger partial charge on any atom is 0.00451 e. The first-order valence-corrected chi connectivity index (χ1v) is 3.37. The summed E-state index contributed by atoms with van der Waals surface area (Å²) in [5.41, 5.74) is 2.71. The molecule has 0 heterocycles. The topological polar surface area (TPSA) is 0 Å². The average Bonchev–Trinajstić information content (AvgIpc) is 1.88. The lowest BCUT2D eigenvalue weighted by Crippen LogP contribution is -1.69. The monoisotopic (exact) mass is 142 g/mol. The third-order valence-electron chi connectivity index (χ3n) is 1.02. The maximum absolute atomic E-state index is 5.36. The van der Waals surface area contributed by atoms with E-state index in [1.165, 1.54) is 11.1 Å². The molecule has 0 saturated carbocycles. The van der Waals surface area contributed by atoms with Gasteiger partial charge in [0.15, 0.2) is 0 Å². The van der Waals surface area contributed by atoms with Crippen molar-refractivity contribution >= 4 is 11.6 Å². The second-order valence-electron chi connectivity index (χ2n) is 1.62. The molecule has 0 nitrogen and oxygen atoms in total. The molecule has 0 amide bonds. The Hall–Kier alpha value is -0.490. The van der Waals surface area contributed by atoms with E-state index in [1.54, 1.807) is 6.08 Å². The van der Waals surface area contributed by atoms with Crippen molar-refractivity contribution in [3.05, 3.63) is 35.9 Å². The van der Waals surface area contributed by atoms with Crippen LogP contribution in [0, 0.1) is 0 Å². The SMILES string of the molecule is C=C/C=C(\C=C/Cl)CC. The van der Waals surface area contributed by atoms with E-state index >= 15 is 0 Å². The van der Waals surface area contributed by atoms with Gasteiger partial charge in [0, 0.05) is 5.54 Å². The van der Waals surface area contributed by atoms with Crippen molar-refractivity contribution in [2.24, 2.45) is 0 Å². The molecule has 50 valence electrons.